The Hall–Kier alpha value is -4.11. The zero-order chi connectivity index (χ0) is 23.4. The molecule has 0 unspecified atom stereocenters. The van der Waals surface area contributed by atoms with Gasteiger partial charge in [0.05, 0.1) is 12.0 Å². The van der Waals surface area contributed by atoms with Crippen molar-refractivity contribution in [2.24, 2.45) is 0 Å². The van der Waals surface area contributed by atoms with E-state index in [0.29, 0.717) is 0 Å². The first-order chi connectivity index (χ1) is 16.0. The average Bonchev–Trinajstić information content (AvgIpc) is 3.40. The van der Waals surface area contributed by atoms with Crippen LogP contribution in [0.4, 0.5) is 10.5 Å². The summed E-state index contributed by atoms with van der Waals surface area (Å²) in [4.78, 5) is 36.1. The van der Waals surface area contributed by atoms with Crippen molar-refractivity contribution in [3.05, 3.63) is 77.7 Å². The maximum Gasteiger partial charge on any atom is 0.411 e. The lowest BCUT2D eigenvalue weighted by Gasteiger charge is -2.15. The van der Waals surface area contributed by atoms with Gasteiger partial charge in [-0.15, -0.1) is 0 Å². The number of anilines is 1. The summed E-state index contributed by atoms with van der Waals surface area (Å²) in [5, 5.41) is 22.8. The number of aliphatic carboxylic acids is 1. The Morgan fingerprint density at radius 2 is 1.64 bits per heavy atom. The highest BCUT2D eigenvalue weighted by molar-refractivity contribution is 6.01. The largest absolute Gasteiger partial charge is 0.480 e. The van der Waals surface area contributed by atoms with Crippen LogP contribution < -0.4 is 10.6 Å². The second kappa shape index (κ2) is 9.58. The third kappa shape index (κ3) is 4.58. The number of benzene rings is 2. The lowest BCUT2D eigenvalue weighted by Crippen LogP contribution is -2.41. The number of fused-ring (bicyclic) bond motifs is 3. The second-order valence-corrected chi connectivity index (χ2v) is 7.49. The standard InChI is InChI=1S/C24H22N2O7/c27-11-9-20(23(29)30)25-22(28)21-19(10-12-32-21)26-24(31)33-13-18-16-7-3-1-5-14(16)15-6-2-4-8-17(15)18/h1-8,10,12,18,20,27H,9,11,13H2,(H,25,28)(H,26,31)(H,29,30)/t20-/m1/s1. The van der Waals surface area contributed by atoms with E-state index < -0.39 is 30.6 Å². The fraction of sp³-hybridized carbons (Fsp3) is 0.208. The highest BCUT2D eigenvalue weighted by Gasteiger charge is 2.29. The monoisotopic (exact) mass is 450 g/mol. The molecule has 4 N–H and O–H groups in total. The predicted octanol–water partition coefficient (Wildman–Crippen LogP) is 3.21. The molecule has 0 radical (unpaired) electrons. The van der Waals surface area contributed by atoms with E-state index in [1.54, 1.807) is 0 Å². The summed E-state index contributed by atoms with van der Waals surface area (Å²) < 4.78 is 10.6. The number of hydrogen-bond donors (Lipinski definition) is 4. The summed E-state index contributed by atoms with van der Waals surface area (Å²) in [5.74, 6) is -2.53. The van der Waals surface area contributed by atoms with Crippen molar-refractivity contribution < 1.29 is 33.8 Å². The minimum Gasteiger partial charge on any atom is -0.480 e. The van der Waals surface area contributed by atoms with Crippen molar-refractivity contribution in [3.8, 4) is 11.1 Å². The summed E-state index contributed by atoms with van der Waals surface area (Å²) in [5.41, 5.74) is 4.38. The fourth-order valence-electron chi connectivity index (χ4n) is 3.94. The Balaban J connectivity index is 1.41. The van der Waals surface area contributed by atoms with Crippen molar-refractivity contribution in [1.82, 2.24) is 5.32 Å². The van der Waals surface area contributed by atoms with Gasteiger partial charge in [-0.25, -0.2) is 9.59 Å². The summed E-state index contributed by atoms with van der Waals surface area (Å²) >= 11 is 0. The van der Waals surface area contributed by atoms with Crippen molar-refractivity contribution in [2.45, 2.75) is 18.4 Å². The average molecular weight is 450 g/mol. The molecule has 0 bridgehead atoms. The molecule has 1 atom stereocenters. The Bertz CT molecular complexity index is 1140. The molecule has 9 heteroatoms. The van der Waals surface area contributed by atoms with E-state index in [1.807, 2.05) is 48.5 Å². The van der Waals surface area contributed by atoms with Gasteiger partial charge in [-0.05, 0) is 22.3 Å². The number of hydrogen-bond acceptors (Lipinski definition) is 6. The summed E-state index contributed by atoms with van der Waals surface area (Å²) in [6, 6.07) is 15.9. The number of nitrogens with one attached hydrogen (secondary N) is 2. The molecule has 33 heavy (non-hydrogen) atoms. The highest BCUT2D eigenvalue weighted by Crippen LogP contribution is 2.44. The molecule has 2 aromatic carbocycles. The minimum atomic E-state index is -1.30. The van der Waals surface area contributed by atoms with Crippen LogP contribution in [0.15, 0.2) is 65.3 Å². The topological polar surface area (TPSA) is 138 Å². The van der Waals surface area contributed by atoms with Crippen molar-refractivity contribution in [1.29, 1.82) is 0 Å². The third-order valence-corrected chi connectivity index (χ3v) is 5.47. The van der Waals surface area contributed by atoms with Crippen LogP contribution in [0, 0.1) is 0 Å². The predicted molar refractivity (Wildman–Crippen MR) is 118 cm³/mol. The van der Waals surface area contributed by atoms with Crippen LogP contribution in [0.5, 0.6) is 0 Å². The maximum absolute atomic E-state index is 12.5. The van der Waals surface area contributed by atoms with Crippen LogP contribution in [0.2, 0.25) is 0 Å². The number of carbonyl (C=O) groups excluding carboxylic acids is 2. The van der Waals surface area contributed by atoms with Gasteiger partial charge in [-0.2, -0.15) is 0 Å². The van der Waals surface area contributed by atoms with E-state index in [0.717, 1.165) is 22.3 Å². The molecule has 2 amide bonds. The SMILES string of the molecule is O=C(Nc1ccoc1C(=O)N[C@H](CCO)C(=O)O)OCC1c2ccccc2-c2ccccc21. The first kappa shape index (κ1) is 22.1. The van der Waals surface area contributed by atoms with Gasteiger partial charge in [0, 0.05) is 25.0 Å². The zero-order valence-corrected chi connectivity index (χ0v) is 17.5. The number of rotatable bonds is 8. The maximum atomic E-state index is 12.5. The number of amides is 2. The zero-order valence-electron chi connectivity index (χ0n) is 17.5. The Labute approximate surface area is 189 Å². The first-order valence-electron chi connectivity index (χ1n) is 10.3. The summed E-state index contributed by atoms with van der Waals surface area (Å²) in [6.07, 6.45) is 0.240. The third-order valence-electron chi connectivity index (χ3n) is 5.47. The smallest absolute Gasteiger partial charge is 0.411 e. The van der Waals surface area contributed by atoms with E-state index in [-0.39, 0.29) is 30.4 Å². The van der Waals surface area contributed by atoms with Gasteiger partial charge in [-0.1, -0.05) is 48.5 Å². The molecule has 3 aromatic rings. The van der Waals surface area contributed by atoms with E-state index >= 15 is 0 Å². The lowest BCUT2D eigenvalue weighted by molar-refractivity contribution is -0.139. The number of furan rings is 1. The van der Waals surface area contributed by atoms with Crippen molar-refractivity contribution >= 4 is 23.7 Å². The van der Waals surface area contributed by atoms with Crippen LogP contribution in [-0.4, -0.2) is 47.4 Å². The molecular formula is C24H22N2O7. The Morgan fingerprint density at radius 3 is 2.24 bits per heavy atom. The van der Waals surface area contributed by atoms with Crippen molar-refractivity contribution in [2.75, 3.05) is 18.5 Å². The van der Waals surface area contributed by atoms with Gasteiger partial charge in [0.25, 0.3) is 5.91 Å². The number of ether oxygens (including phenoxy) is 1. The molecule has 0 aliphatic heterocycles. The molecule has 1 aromatic heterocycles. The molecule has 0 spiro atoms. The molecule has 4 rings (SSSR count). The molecule has 0 saturated heterocycles. The van der Waals surface area contributed by atoms with E-state index in [4.69, 9.17) is 19.4 Å². The van der Waals surface area contributed by atoms with Gasteiger partial charge in [0.15, 0.2) is 0 Å². The quantitative estimate of drug-likeness (QED) is 0.413. The summed E-state index contributed by atoms with van der Waals surface area (Å²) in [6.45, 7) is -0.322. The van der Waals surface area contributed by atoms with Gasteiger partial charge < -0.3 is 24.7 Å². The molecule has 0 saturated carbocycles. The Morgan fingerprint density at radius 1 is 1.00 bits per heavy atom. The van der Waals surface area contributed by atoms with Gasteiger partial charge >= 0.3 is 12.1 Å². The minimum absolute atomic E-state index is 0.0397. The van der Waals surface area contributed by atoms with Crippen LogP contribution in [0.3, 0.4) is 0 Å². The summed E-state index contributed by atoms with van der Waals surface area (Å²) in [7, 11) is 0. The molecule has 1 aliphatic rings. The van der Waals surface area contributed by atoms with Crippen LogP contribution in [-0.2, 0) is 9.53 Å². The van der Waals surface area contributed by atoms with Crippen LogP contribution in [0.25, 0.3) is 11.1 Å². The fourth-order valence-corrected chi connectivity index (χ4v) is 3.94. The van der Waals surface area contributed by atoms with E-state index in [2.05, 4.69) is 10.6 Å². The molecule has 1 aliphatic carbocycles. The normalized spacial score (nSPS) is 13.0. The van der Waals surface area contributed by atoms with Crippen LogP contribution >= 0.6 is 0 Å². The molecule has 9 nitrogen and oxygen atoms in total. The van der Waals surface area contributed by atoms with Crippen LogP contribution in [0.1, 0.15) is 34.0 Å². The Kier molecular flexibility index (Phi) is 6.41. The first-order valence-corrected chi connectivity index (χ1v) is 10.3. The van der Waals surface area contributed by atoms with Crippen molar-refractivity contribution in [3.63, 3.8) is 0 Å². The molecular weight excluding hydrogens is 428 g/mol. The number of carboxylic acids is 1. The second-order valence-electron chi connectivity index (χ2n) is 7.49. The molecule has 170 valence electrons. The van der Waals surface area contributed by atoms with Gasteiger partial charge in [-0.3, -0.25) is 10.1 Å². The molecule has 1 heterocycles. The number of carbonyl (C=O) groups is 3. The van der Waals surface area contributed by atoms with Gasteiger partial charge in [0.2, 0.25) is 5.76 Å². The van der Waals surface area contributed by atoms with E-state index in [1.165, 1.54) is 12.3 Å². The lowest BCUT2D eigenvalue weighted by atomic mass is 9.98. The van der Waals surface area contributed by atoms with E-state index in [9.17, 15) is 14.4 Å². The number of carboxylic acid groups (broad SMARTS) is 1. The number of aliphatic hydroxyl groups excluding tert-OH is 1. The highest BCUT2D eigenvalue weighted by atomic mass is 16.5. The van der Waals surface area contributed by atoms with Gasteiger partial charge in [0.1, 0.15) is 12.6 Å². The number of aliphatic hydroxyl groups is 1. The molecule has 0 fully saturated rings.